The van der Waals surface area contributed by atoms with Crippen molar-refractivity contribution in [3.8, 4) is 0 Å². The highest BCUT2D eigenvalue weighted by Gasteiger charge is 2.46. The van der Waals surface area contributed by atoms with Gasteiger partial charge in [-0.15, -0.1) is 0 Å². The second-order valence-corrected chi connectivity index (χ2v) is 7.78. The molecule has 3 amide bonds. The minimum absolute atomic E-state index is 0.131. The molecule has 190 valence electrons. The van der Waals surface area contributed by atoms with Gasteiger partial charge in [0.25, 0.3) is 0 Å². The Morgan fingerprint density at radius 1 is 1.24 bits per heavy atom. The maximum atomic E-state index is 12.1. The lowest BCUT2D eigenvalue weighted by Crippen LogP contribution is -2.65. The first kappa shape index (κ1) is 26.9. The topological polar surface area (TPSA) is 233 Å². The third kappa shape index (κ3) is 9.19. The van der Waals surface area contributed by atoms with Crippen molar-refractivity contribution in [2.24, 2.45) is 11.5 Å². The molecule has 0 bridgehead atoms. The Hall–Kier alpha value is -2.36. The average molecular weight is 480 g/mol. The molecule has 0 radical (unpaired) electrons. The van der Waals surface area contributed by atoms with Crippen LogP contribution < -0.4 is 22.1 Å². The molecule has 9 N–H and O–H groups in total. The van der Waals surface area contributed by atoms with E-state index in [1.807, 2.05) is 5.73 Å². The van der Waals surface area contributed by atoms with Crippen molar-refractivity contribution in [3.63, 3.8) is 0 Å². The summed E-state index contributed by atoms with van der Waals surface area (Å²) in [6.45, 7) is 3.24. The number of primary amides is 1. The van der Waals surface area contributed by atoms with Crippen LogP contribution in [0.5, 0.6) is 0 Å². The number of carbonyl (C=O) groups excluding carboxylic acids is 4. The summed E-state index contributed by atoms with van der Waals surface area (Å²) >= 11 is 0. The molecule has 33 heavy (non-hydrogen) atoms. The van der Waals surface area contributed by atoms with Crippen LogP contribution in [0.1, 0.15) is 33.6 Å². The number of esters is 1. The fourth-order valence-electron chi connectivity index (χ4n) is 3.07. The van der Waals surface area contributed by atoms with E-state index in [4.69, 9.17) is 21.4 Å². The molecule has 1 fully saturated rings. The summed E-state index contributed by atoms with van der Waals surface area (Å²) < 4.78 is 22.8. The Bertz CT molecular complexity index is 715. The Morgan fingerprint density at radius 2 is 1.91 bits per heavy atom. The lowest BCUT2D eigenvalue weighted by molar-refractivity contribution is -0.269. The molecule has 1 saturated heterocycles. The van der Waals surface area contributed by atoms with E-state index in [-0.39, 0.29) is 19.4 Å². The van der Waals surface area contributed by atoms with Crippen molar-refractivity contribution in [1.82, 2.24) is 10.6 Å². The third-order valence-electron chi connectivity index (χ3n) is 4.80. The molecule has 0 aromatic rings. The van der Waals surface area contributed by atoms with Gasteiger partial charge in [0.1, 0.15) is 38.4 Å². The predicted octanol–water partition coefficient (Wildman–Crippen LogP) is -4.02. The van der Waals surface area contributed by atoms with Gasteiger partial charge in [0.05, 0.1) is 18.8 Å². The second kappa shape index (κ2) is 13.4. The largest absolute Gasteiger partial charge is 0.463 e. The first-order chi connectivity index (χ1) is 15.9. The number of nitrogens with one attached hydrogen (secondary N) is 2. The quantitative estimate of drug-likeness (QED) is 0.126. The minimum atomic E-state index is -1.56. The van der Waals surface area contributed by atoms with Gasteiger partial charge in [-0.05, 0) is 20.3 Å². The van der Waals surface area contributed by atoms with Crippen molar-refractivity contribution >= 4 is 23.7 Å². The number of carbonyl (C=O) groups is 4. The van der Waals surface area contributed by atoms with Gasteiger partial charge < -0.3 is 51.6 Å². The third-order valence-corrected chi connectivity index (χ3v) is 4.80. The van der Waals surface area contributed by atoms with Crippen LogP contribution in [0.25, 0.3) is 0 Å². The van der Waals surface area contributed by atoms with Gasteiger partial charge in [-0.25, -0.2) is 0 Å². The fourth-order valence-corrected chi connectivity index (χ4v) is 3.07. The zero-order valence-electron chi connectivity index (χ0n) is 19.7. The van der Waals surface area contributed by atoms with Crippen molar-refractivity contribution < 1.29 is 50.1 Å². The number of aliphatic hydroxyl groups is 3. The number of ether oxygens (including phenoxy) is 3. The molecule has 1 heterocycles. The molecular weight excluding hydrogens is 444 g/mol. The van der Waals surface area contributed by atoms with Crippen LogP contribution in [0.15, 0.2) is 0 Å². The van der Waals surface area contributed by atoms with E-state index in [1.54, 1.807) is 0 Å². The molecule has 1 aliphatic heterocycles. The summed E-state index contributed by atoms with van der Waals surface area (Å²) in [5, 5.41) is 34.6. The summed E-state index contributed by atoms with van der Waals surface area (Å²) in [5.74, 6) is -2.73. The summed E-state index contributed by atoms with van der Waals surface area (Å²) in [6.07, 6.45) is -6.49. The van der Waals surface area contributed by atoms with E-state index in [1.165, 1.54) is 20.8 Å². The first-order valence-corrected chi connectivity index (χ1v) is 10.4. The number of rotatable bonds is 13. The molecule has 8 atom stereocenters. The summed E-state index contributed by atoms with van der Waals surface area (Å²) in [7, 11) is 0. The Labute approximate surface area is 192 Å². The van der Waals surface area contributed by atoms with Crippen LogP contribution in [0, 0.1) is 0 Å². The van der Waals surface area contributed by atoms with Crippen LogP contribution in [0.3, 0.4) is 0 Å². The van der Waals surface area contributed by atoms with Crippen molar-refractivity contribution in [2.75, 3.05) is 13.2 Å². The van der Waals surface area contributed by atoms with Crippen LogP contribution in [-0.2, 0) is 33.4 Å². The van der Waals surface area contributed by atoms with Gasteiger partial charge in [0, 0.05) is 13.3 Å². The highest BCUT2D eigenvalue weighted by molar-refractivity contribution is 5.89. The van der Waals surface area contributed by atoms with E-state index in [9.17, 15) is 34.5 Å². The zero-order chi connectivity index (χ0) is 26.0. The summed E-state index contributed by atoms with van der Waals surface area (Å²) in [5.41, 5.74) is 7.21. The number of hydrogen-bond donors (Lipinski definition) is 7. The second-order valence-electron chi connectivity index (χ2n) is 7.78. The zero-order valence-corrected chi connectivity index (χ0v) is 18.7. The number of amides is 3. The minimum Gasteiger partial charge on any atom is -0.463 e. The van der Waals surface area contributed by atoms with Gasteiger partial charge in [-0.2, -0.15) is 0 Å². The molecule has 14 heteroatoms. The number of nitrogens with two attached hydrogens (primary N) is 2. The van der Waals surface area contributed by atoms with E-state index < -0.39 is 79.1 Å². The molecule has 0 aromatic carbocycles. The highest BCUT2D eigenvalue weighted by atomic mass is 16.6. The van der Waals surface area contributed by atoms with Crippen LogP contribution in [0.4, 0.5) is 0 Å². The summed E-state index contributed by atoms with van der Waals surface area (Å²) in [4.78, 5) is 46.9. The molecule has 14 nitrogen and oxygen atoms in total. The predicted molar refractivity (Wildman–Crippen MR) is 111 cm³/mol. The SMILES string of the molecule is [2H]N[C@@H](C)C(=O)N[C@@H](CCC(=O)OCC(C)O[C@H]1[C@H](O)[C@@H](CO)O[C@H](O)[C@@H]1NC(C)=O)C(N)=O. The van der Waals surface area contributed by atoms with E-state index in [0.717, 1.165) is 0 Å². The van der Waals surface area contributed by atoms with Crippen molar-refractivity contribution in [2.45, 2.75) is 82.4 Å². The molecule has 1 rings (SSSR count). The molecule has 0 saturated carbocycles. The average Bonchev–Trinajstić information content (AvgIpc) is 2.78. The van der Waals surface area contributed by atoms with Gasteiger partial charge in [-0.1, -0.05) is 0 Å². The monoisotopic (exact) mass is 479 g/mol. The fraction of sp³-hybridized carbons (Fsp3) is 0.789. The van der Waals surface area contributed by atoms with E-state index >= 15 is 0 Å². The molecule has 0 spiro atoms. The van der Waals surface area contributed by atoms with Crippen LogP contribution in [0.2, 0.25) is 1.41 Å². The molecule has 0 aliphatic carbocycles. The van der Waals surface area contributed by atoms with Crippen LogP contribution in [-0.4, -0.2) is 101 Å². The number of hydrogen-bond acceptors (Lipinski definition) is 11. The standard InChI is InChI=1S/C19H34N4O10/c1-8(7-31-13(26)5-4-11(17(21)28)23-18(29)9(2)20)32-16-14(22-10(3)25)19(30)33-12(6-24)15(16)27/h8-9,11-12,14-16,19,24,27,30H,4-7,20H2,1-3H3,(H2,21,28)(H,22,25)(H,23,29)/t8?,9-,11-,12+,14+,15+,16+,19-/m0/s1/i/hD. The lowest BCUT2D eigenvalue weighted by Gasteiger charge is -2.43. The normalized spacial score (nSPS) is 28.1. The lowest BCUT2D eigenvalue weighted by atomic mass is 9.96. The number of aliphatic hydroxyl groups excluding tert-OH is 3. The molecular formula is C19H34N4O10. The molecule has 1 unspecified atom stereocenters. The Morgan fingerprint density at radius 3 is 2.45 bits per heavy atom. The van der Waals surface area contributed by atoms with Crippen molar-refractivity contribution in [1.29, 1.82) is 0 Å². The Kier molecular flexibility index (Phi) is 10.9. The Balaban J connectivity index is 2.62. The maximum absolute atomic E-state index is 12.1. The van der Waals surface area contributed by atoms with Gasteiger partial charge >= 0.3 is 5.97 Å². The van der Waals surface area contributed by atoms with Gasteiger partial charge in [0.2, 0.25) is 17.7 Å². The maximum Gasteiger partial charge on any atom is 0.305 e. The van der Waals surface area contributed by atoms with E-state index in [0.29, 0.717) is 0 Å². The summed E-state index contributed by atoms with van der Waals surface area (Å²) in [6, 6.07) is -3.18. The molecule has 1 aliphatic rings. The van der Waals surface area contributed by atoms with Gasteiger partial charge in [-0.3, -0.25) is 19.2 Å². The van der Waals surface area contributed by atoms with Crippen molar-refractivity contribution in [3.05, 3.63) is 0 Å². The smallest absolute Gasteiger partial charge is 0.305 e. The molecule has 0 aromatic heterocycles. The van der Waals surface area contributed by atoms with E-state index in [2.05, 4.69) is 10.6 Å². The van der Waals surface area contributed by atoms with Crippen LogP contribution >= 0.6 is 0 Å². The first-order valence-electron chi connectivity index (χ1n) is 10.9. The highest BCUT2D eigenvalue weighted by Crippen LogP contribution is 2.23. The van der Waals surface area contributed by atoms with Gasteiger partial charge in [0.15, 0.2) is 6.29 Å².